The van der Waals surface area contributed by atoms with Gasteiger partial charge in [-0.2, -0.15) is 0 Å². The number of nitrogens with one attached hydrogen (secondary N) is 3. The van der Waals surface area contributed by atoms with Crippen LogP contribution in [0.1, 0.15) is 41.2 Å². The average Bonchev–Trinajstić information content (AvgIpc) is 3.45. The summed E-state index contributed by atoms with van der Waals surface area (Å²) in [4.78, 5) is 45.2. The van der Waals surface area contributed by atoms with Crippen LogP contribution in [0.15, 0.2) is 72.9 Å². The lowest BCUT2D eigenvalue weighted by atomic mass is 9.79. The van der Waals surface area contributed by atoms with E-state index in [1.165, 1.54) is 0 Å². The molecule has 1 aromatic heterocycles. The number of carbonyl (C=O) groups is 3. The Labute approximate surface area is 228 Å². The van der Waals surface area contributed by atoms with E-state index in [-0.39, 0.29) is 24.3 Å². The summed E-state index contributed by atoms with van der Waals surface area (Å²) < 4.78 is 0. The van der Waals surface area contributed by atoms with Gasteiger partial charge in [0.2, 0.25) is 17.7 Å². The third kappa shape index (κ3) is 5.07. The second-order valence-electron chi connectivity index (χ2n) is 10.2. The first-order chi connectivity index (χ1) is 18.8. The smallest absolute Gasteiger partial charge is 0.249 e. The van der Waals surface area contributed by atoms with Crippen LogP contribution in [0.25, 0.3) is 0 Å². The second-order valence-corrected chi connectivity index (χ2v) is 10.2. The Morgan fingerprint density at radius 1 is 1.08 bits per heavy atom. The first-order valence-electron chi connectivity index (χ1n) is 13.2. The Morgan fingerprint density at radius 2 is 1.85 bits per heavy atom. The molecular formula is C31H33N5O3. The van der Waals surface area contributed by atoms with Crippen molar-refractivity contribution >= 4 is 29.2 Å². The van der Waals surface area contributed by atoms with E-state index in [0.717, 1.165) is 27.8 Å². The molecule has 0 bridgehead atoms. The number of carbonyl (C=O) groups excluding carboxylic acids is 3. The van der Waals surface area contributed by atoms with Gasteiger partial charge in [-0.3, -0.25) is 14.4 Å². The number of hydrogen-bond donors (Lipinski definition) is 3. The number of anilines is 2. The van der Waals surface area contributed by atoms with Crippen LogP contribution in [0.2, 0.25) is 0 Å². The number of rotatable bonds is 9. The van der Waals surface area contributed by atoms with Crippen molar-refractivity contribution in [2.75, 3.05) is 24.2 Å². The van der Waals surface area contributed by atoms with Gasteiger partial charge < -0.3 is 20.9 Å². The second kappa shape index (κ2) is 10.8. The van der Waals surface area contributed by atoms with Crippen LogP contribution in [-0.2, 0) is 45.7 Å². The van der Waals surface area contributed by atoms with E-state index in [2.05, 4.69) is 27.5 Å². The van der Waals surface area contributed by atoms with Crippen LogP contribution in [0, 0.1) is 0 Å². The van der Waals surface area contributed by atoms with Crippen molar-refractivity contribution in [3.05, 3.63) is 101 Å². The van der Waals surface area contributed by atoms with Crippen molar-refractivity contribution in [2.45, 2.75) is 44.7 Å². The first-order valence-corrected chi connectivity index (χ1v) is 13.2. The molecule has 1 spiro atoms. The van der Waals surface area contributed by atoms with Gasteiger partial charge in [-0.25, -0.2) is 4.98 Å². The molecule has 8 nitrogen and oxygen atoms in total. The quantitative estimate of drug-likeness (QED) is 0.371. The summed E-state index contributed by atoms with van der Waals surface area (Å²) in [6.45, 7) is 6.65. The van der Waals surface area contributed by atoms with E-state index in [0.29, 0.717) is 49.4 Å². The van der Waals surface area contributed by atoms with Crippen molar-refractivity contribution in [2.24, 2.45) is 0 Å². The molecule has 3 amide bonds. The van der Waals surface area contributed by atoms with Crippen LogP contribution in [-0.4, -0.2) is 41.2 Å². The van der Waals surface area contributed by atoms with Crippen molar-refractivity contribution in [1.82, 2.24) is 15.2 Å². The summed E-state index contributed by atoms with van der Waals surface area (Å²) in [5, 5.41) is 9.03. The number of benzene rings is 2. The van der Waals surface area contributed by atoms with Gasteiger partial charge in [-0.1, -0.05) is 49.9 Å². The van der Waals surface area contributed by atoms with Gasteiger partial charge in [0.15, 0.2) is 0 Å². The van der Waals surface area contributed by atoms with E-state index in [4.69, 9.17) is 0 Å². The lowest BCUT2D eigenvalue weighted by molar-refractivity contribution is -0.132. The van der Waals surface area contributed by atoms with E-state index < -0.39 is 5.41 Å². The van der Waals surface area contributed by atoms with Gasteiger partial charge >= 0.3 is 0 Å². The van der Waals surface area contributed by atoms with E-state index in [1.807, 2.05) is 68.6 Å². The van der Waals surface area contributed by atoms with Crippen LogP contribution < -0.4 is 16.0 Å². The highest BCUT2D eigenvalue weighted by molar-refractivity contribution is 6.06. The zero-order valence-electron chi connectivity index (χ0n) is 22.3. The Hall–Kier alpha value is -4.30. The monoisotopic (exact) mass is 523 g/mol. The van der Waals surface area contributed by atoms with Crippen LogP contribution in [0.5, 0.6) is 0 Å². The van der Waals surface area contributed by atoms with E-state index >= 15 is 0 Å². The number of fused-ring (bicyclic) bond motifs is 3. The maximum Gasteiger partial charge on any atom is 0.249 e. The van der Waals surface area contributed by atoms with Crippen LogP contribution in [0.4, 0.5) is 11.5 Å². The van der Waals surface area contributed by atoms with Crippen molar-refractivity contribution in [1.29, 1.82) is 0 Å². The molecule has 1 unspecified atom stereocenters. The number of nitrogens with zero attached hydrogens (tertiary/aromatic N) is 2. The van der Waals surface area contributed by atoms with E-state index in [9.17, 15) is 14.4 Å². The SMILES string of the molecule is C=C(CC)C(=O)N(CC(=O)Nc1ccc2c(c1)CC1(C2)C(=O)Nc2ncccc21)Cc1ccccc1CNC. The molecule has 0 saturated heterocycles. The predicted molar refractivity (Wildman–Crippen MR) is 151 cm³/mol. The molecule has 2 aromatic carbocycles. The summed E-state index contributed by atoms with van der Waals surface area (Å²) in [5.74, 6) is 0.0573. The van der Waals surface area contributed by atoms with Gasteiger partial charge in [0, 0.05) is 36.1 Å². The molecule has 8 heteroatoms. The van der Waals surface area contributed by atoms with Gasteiger partial charge in [0.25, 0.3) is 0 Å². The Balaban J connectivity index is 1.32. The molecule has 0 saturated carbocycles. The molecule has 2 aliphatic rings. The van der Waals surface area contributed by atoms with Gasteiger partial charge in [-0.05, 0) is 66.8 Å². The molecule has 0 fully saturated rings. The Kier molecular flexibility index (Phi) is 7.30. The van der Waals surface area contributed by atoms with Gasteiger partial charge in [0.05, 0.1) is 5.41 Å². The van der Waals surface area contributed by atoms with Crippen LogP contribution >= 0.6 is 0 Å². The van der Waals surface area contributed by atoms with Gasteiger partial charge in [0.1, 0.15) is 12.4 Å². The van der Waals surface area contributed by atoms with E-state index in [1.54, 1.807) is 11.1 Å². The molecule has 1 aliphatic carbocycles. The Morgan fingerprint density at radius 3 is 2.62 bits per heavy atom. The third-order valence-corrected chi connectivity index (χ3v) is 7.66. The average molecular weight is 524 g/mol. The molecule has 1 aliphatic heterocycles. The molecule has 5 rings (SSSR count). The van der Waals surface area contributed by atoms with Gasteiger partial charge in [-0.15, -0.1) is 0 Å². The summed E-state index contributed by atoms with van der Waals surface area (Å²) in [6, 6.07) is 17.4. The highest BCUT2D eigenvalue weighted by Crippen LogP contribution is 2.46. The topological polar surface area (TPSA) is 103 Å². The molecular weight excluding hydrogens is 490 g/mol. The minimum atomic E-state index is -0.668. The zero-order valence-corrected chi connectivity index (χ0v) is 22.3. The number of amides is 3. The molecule has 3 aromatic rings. The predicted octanol–water partition coefficient (Wildman–Crippen LogP) is 3.72. The fourth-order valence-corrected chi connectivity index (χ4v) is 5.57. The minimum absolute atomic E-state index is 0.0400. The molecule has 3 N–H and O–H groups in total. The van der Waals surface area contributed by atoms with Crippen molar-refractivity contribution in [3.63, 3.8) is 0 Å². The summed E-state index contributed by atoms with van der Waals surface area (Å²) >= 11 is 0. The van der Waals surface area contributed by atoms with Crippen molar-refractivity contribution in [3.8, 4) is 0 Å². The molecule has 1 atom stereocenters. The molecule has 39 heavy (non-hydrogen) atoms. The highest BCUT2D eigenvalue weighted by atomic mass is 16.2. The fraction of sp³-hybridized carbons (Fsp3) is 0.290. The molecule has 2 heterocycles. The fourth-order valence-electron chi connectivity index (χ4n) is 5.57. The van der Waals surface area contributed by atoms with Crippen LogP contribution in [0.3, 0.4) is 0 Å². The molecule has 0 radical (unpaired) electrons. The maximum atomic E-state index is 13.2. The first kappa shape index (κ1) is 26.3. The molecule has 200 valence electrons. The lowest BCUT2D eigenvalue weighted by Crippen LogP contribution is -2.38. The minimum Gasteiger partial charge on any atom is -0.325 e. The summed E-state index contributed by atoms with van der Waals surface area (Å²) in [6.07, 6.45) is 3.32. The Bertz CT molecular complexity index is 1470. The largest absolute Gasteiger partial charge is 0.325 e. The van der Waals surface area contributed by atoms with Crippen molar-refractivity contribution < 1.29 is 14.4 Å². The third-order valence-electron chi connectivity index (χ3n) is 7.66. The summed E-state index contributed by atoms with van der Waals surface area (Å²) in [7, 11) is 1.87. The highest BCUT2D eigenvalue weighted by Gasteiger charge is 2.51. The number of pyridine rings is 1. The lowest BCUT2D eigenvalue weighted by Gasteiger charge is -2.24. The normalized spacial score (nSPS) is 16.9. The number of aromatic nitrogens is 1. The zero-order chi connectivity index (χ0) is 27.6. The number of hydrogen-bond acceptors (Lipinski definition) is 5. The maximum absolute atomic E-state index is 13.2. The summed E-state index contributed by atoms with van der Waals surface area (Å²) in [5.41, 5.74) is 5.49. The standard InChI is InChI=1S/C31H33N5O3/c1-4-20(2)29(38)36(18-23-9-6-5-8-22(23)17-32-3)19-27(37)34-25-12-11-21-15-31(16-24(21)14-25)26-10-7-13-33-28(26)35-30(31)39/h5-14,32H,2,4,15-19H2,1,3H3,(H,34,37)(H,33,35,39).